The molecule has 0 fully saturated rings. The average molecular weight is 260 g/mol. The van der Waals surface area contributed by atoms with Gasteiger partial charge in [0.05, 0.1) is 6.54 Å². The number of rotatable bonds is 5. The number of nitrogens with one attached hydrogen (secondary N) is 1. The molecule has 1 rings (SSSR count). The molecule has 78 valence electrons. The number of hydrogen-bond acceptors (Lipinski definition) is 2. The molecule has 4 nitrogen and oxygen atoms in total. The van der Waals surface area contributed by atoms with E-state index in [0.717, 1.165) is 0 Å². The molecular weight excluding hydrogens is 246 g/mol. The van der Waals surface area contributed by atoms with Crippen LogP contribution in [-0.2, 0) is 11.3 Å². The molecular formula is C9H14BrN3O. The lowest BCUT2D eigenvalue weighted by atomic mass is 10.3. The van der Waals surface area contributed by atoms with E-state index in [2.05, 4.69) is 26.3 Å². The van der Waals surface area contributed by atoms with Gasteiger partial charge in [-0.15, -0.1) is 0 Å². The lowest BCUT2D eigenvalue weighted by Crippen LogP contribution is -2.35. The van der Waals surface area contributed by atoms with Crippen LogP contribution in [0.3, 0.4) is 0 Å². The van der Waals surface area contributed by atoms with Crippen molar-refractivity contribution in [3.63, 3.8) is 0 Å². The van der Waals surface area contributed by atoms with Crippen LogP contribution in [0.4, 0.5) is 0 Å². The summed E-state index contributed by atoms with van der Waals surface area (Å²) < 4.78 is 1.80. The summed E-state index contributed by atoms with van der Waals surface area (Å²) in [7, 11) is 0. The first-order valence-electron chi connectivity index (χ1n) is 4.55. The number of alkyl halides is 1. The van der Waals surface area contributed by atoms with E-state index < -0.39 is 0 Å². The average Bonchev–Trinajstić information content (AvgIpc) is 2.56. The first kappa shape index (κ1) is 11.2. The highest BCUT2D eigenvalue weighted by Gasteiger charge is 2.06. The molecule has 0 aliphatic carbocycles. The Labute approximate surface area is 91.8 Å². The summed E-state index contributed by atoms with van der Waals surface area (Å²) in [6.07, 6.45) is 4.13. The van der Waals surface area contributed by atoms with Gasteiger partial charge in [0.25, 0.3) is 0 Å². The molecule has 0 aromatic carbocycles. The highest BCUT2D eigenvalue weighted by Crippen LogP contribution is 1.93. The van der Waals surface area contributed by atoms with E-state index in [1.54, 1.807) is 10.9 Å². The van der Waals surface area contributed by atoms with Crippen LogP contribution in [0.25, 0.3) is 0 Å². The Morgan fingerprint density at radius 3 is 3.07 bits per heavy atom. The topological polar surface area (TPSA) is 46.9 Å². The fourth-order valence-corrected chi connectivity index (χ4v) is 1.53. The first-order valence-corrected chi connectivity index (χ1v) is 5.67. The zero-order valence-electron chi connectivity index (χ0n) is 8.11. The van der Waals surface area contributed by atoms with E-state index in [9.17, 15) is 4.79 Å². The second-order valence-electron chi connectivity index (χ2n) is 3.14. The van der Waals surface area contributed by atoms with E-state index in [1.165, 1.54) is 0 Å². The fraction of sp³-hybridized carbons (Fsp3) is 0.556. The van der Waals surface area contributed by atoms with Crippen LogP contribution in [0.1, 0.15) is 13.3 Å². The molecule has 0 radical (unpaired) electrons. The molecule has 1 aromatic heterocycles. The molecule has 1 amide bonds. The van der Waals surface area contributed by atoms with Crippen LogP contribution < -0.4 is 5.32 Å². The zero-order valence-corrected chi connectivity index (χ0v) is 9.70. The SMILES string of the molecule is CC(Cn1cccn1)NC(=O)CCBr. The molecule has 5 heteroatoms. The molecule has 1 N–H and O–H groups in total. The molecule has 0 saturated heterocycles. The van der Waals surface area contributed by atoms with Crippen LogP contribution >= 0.6 is 15.9 Å². The lowest BCUT2D eigenvalue weighted by Gasteiger charge is -2.13. The van der Waals surface area contributed by atoms with Crippen LogP contribution in [0.5, 0.6) is 0 Å². The Kier molecular flexibility index (Phi) is 4.65. The van der Waals surface area contributed by atoms with Gasteiger partial charge in [0, 0.05) is 30.2 Å². The van der Waals surface area contributed by atoms with Crippen molar-refractivity contribution in [1.82, 2.24) is 15.1 Å². The van der Waals surface area contributed by atoms with Gasteiger partial charge in [-0.2, -0.15) is 5.10 Å². The molecule has 1 atom stereocenters. The summed E-state index contributed by atoms with van der Waals surface area (Å²) in [5.41, 5.74) is 0. The minimum Gasteiger partial charge on any atom is -0.352 e. The zero-order chi connectivity index (χ0) is 10.4. The van der Waals surface area contributed by atoms with Gasteiger partial charge < -0.3 is 5.32 Å². The molecule has 0 aliphatic rings. The molecule has 1 aromatic rings. The maximum atomic E-state index is 11.2. The summed E-state index contributed by atoms with van der Waals surface area (Å²) in [6.45, 7) is 2.68. The van der Waals surface area contributed by atoms with Crippen molar-refractivity contribution in [1.29, 1.82) is 0 Å². The third-order valence-electron chi connectivity index (χ3n) is 1.75. The van der Waals surface area contributed by atoms with E-state index in [-0.39, 0.29) is 11.9 Å². The molecule has 0 spiro atoms. The standard InChI is InChI=1S/C9H14BrN3O/c1-8(12-9(14)3-4-10)7-13-6-2-5-11-13/h2,5-6,8H,3-4,7H2,1H3,(H,12,14). The molecule has 14 heavy (non-hydrogen) atoms. The number of amides is 1. The Hall–Kier alpha value is -0.840. The number of carbonyl (C=O) groups is 1. The third kappa shape index (κ3) is 3.91. The highest BCUT2D eigenvalue weighted by molar-refractivity contribution is 9.09. The van der Waals surface area contributed by atoms with Crippen LogP contribution in [-0.4, -0.2) is 27.1 Å². The second kappa shape index (κ2) is 5.80. The summed E-state index contributed by atoms with van der Waals surface area (Å²) in [5.74, 6) is 0.0709. The highest BCUT2D eigenvalue weighted by atomic mass is 79.9. The quantitative estimate of drug-likeness (QED) is 0.808. The Morgan fingerprint density at radius 1 is 1.71 bits per heavy atom. The molecule has 1 heterocycles. The fourth-order valence-electron chi connectivity index (χ4n) is 1.17. The number of carbonyl (C=O) groups excluding carboxylic acids is 1. The summed E-state index contributed by atoms with van der Waals surface area (Å²) in [6, 6.07) is 1.98. The number of hydrogen-bond donors (Lipinski definition) is 1. The molecule has 0 aliphatic heterocycles. The minimum absolute atomic E-state index is 0.0709. The molecule has 0 saturated carbocycles. The summed E-state index contributed by atoms with van der Waals surface area (Å²) in [4.78, 5) is 11.2. The maximum Gasteiger partial charge on any atom is 0.221 e. The van der Waals surface area contributed by atoms with Gasteiger partial charge >= 0.3 is 0 Å². The molecule has 1 unspecified atom stereocenters. The predicted molar refractivity (Wildman–Crippen MR) is 58.2 cm³/mol. The minimum atomic E-state index is 0.0709. The molecule has 0 bridgehead atoms. The Balaban J connectivity index is 2.29. The Bertz CT molecular complexity index is 274. The number of halogens is 1. The number of nitrogens with zero attached hydrogens (tertiary/aromatic N) is 2. The van der Waals surface area contributed by atoms with Gasteiger partial charge in [-0.1, -0.05) is 15.9 Å². The van der Waals surface area contributed by atoms with Crippen molar-refractivity contribution >= 4 is 21.8 Å². The maximum absolute atomic E-state index is 11.2. The van der Waals surface area contributed by atoms with E-state index in [1.807, 2.05) is 19.2 Å². The van der Waals surface area contributed by atoms with Crippen LogP contribution in [0, 0.1) is 0 Å². The largest absolute Gasteiger partial charge is 0.352 e. The van der Waals surface area contributed by atoms with Gasteiger partial charge in [0.15, 0.2) is 0 Å². The first-order chi connectivity index (χ1) is 6.72. The summed E-state index contributed by atoms with van der Waals surface area (Å²) in [5, 5.41) is 7.66. The van der Waals surface area contributed by atoms with E-state index >= 15 is 0 Å². The second-order valence-corrected chi connectivity index (χ2v) is 3.93. The van der Waals surface area contributed by atoms with Gasteiger partial charge in [-0.25, -0.2) is 0 Å². The van der Waals surface area contributed by atoms with Crippen molar-refractivity contribution in [2.45, 2.75) is 25.9 Å². The van der Waals surface area contributed by atoms with Crippen molar-refractivity contribution in [3.05, 3.63) is 18.5 Å². The van der Waals surface area contributed by atoms with E-state index in [4.69, 9.17) is 0 Å². The van der Waals surface area contributed by atoms with Crippen LogP contribution in [0.2, 0.25) is 0 Å². The smallest absolute Gasteiger partial charge is 0.221 e. The predicted octanol–water partition coefficient (Wildman–Crippen LogP) is 1.17. The van der Waals surface area contributed by atoms with Gasteiger partial charge in [-0.05, 0) is 13.0 Å². The third-order valence-corrected chi connectivity index (χ3v) is 2.15. The number of aromatic nitrogens is 2. The monoisotopic (exact) mass is 259 g/mol. The van der Waals surface area contributed by atoms with Gasteiger partial charge in [0.2, 0.25) is 5.91 Å². The van der Waals surface area contributed by atoms with Gasteiger partial charge in [0.1, 0.15) is 0 Å². The van der Waals surface area contributed by atoms with Crippen molar-refractivity contribution in [2.24, 2.45) is 0 Å². The van der Waals surface area contributed by atoms with Crippen molar-refractivity contribution < 1.29 is 4.79 Å². The summed E-state index contributed by atoms with van der Waals surface area (Å²) >= 11 is 3.22. The van der Waals surface area contributed by atoms with Gasteiger partial charge in [-0.3, -0.25) is 9.48 Å². The van der Waals surface area contributed by atoms with Crippen molar-refractivity contribution in [2.75, 3.05) is 5.33 Å². The van der Waals surface area contributed by atoms with E-state index in [0.29, 0.717) is 18.3 Å². The normalized spacial score (nSPS) is 12.4. The lowest BCUT2D eigenvalue weighted by molar-refractivity contribution is -0.121. The van der Waals surface area contributed by atoms with Crippen LogP contribution in [0.15, 0.2) is 18.5 Å². The van der Waals surface area contributed by atoms with Crippen molar-refractivity contribution in [3.8, 4) is 0 Å². The Morgan fingerprint density at radius 2 is 2.50 bits per heavy atom.